The highest BCUT2D eigenvalue weighted by atomic mass is 16.2. The summed E-state index contributed by atoms with van der Waals surface area (Å²) in [5.74, 6) is -0.0343. The molecule has 0 bridgehead atoms. The summed E-state index contributed by atoms with van der Waals surface area (Å²) >= 11 is 0. The van der Waals surface area contributed by atoms with Crippen LogP contribution in [0.5, 0.6) is 0 Å². The molecule has 0 aliphatic heterocycles. The molecule has 0 aliphatic carbocycles. The van der Waals surface area contributed by atoms with Gasteiger partial charge in [-0.05, 0) is 6.92 Å². The number of carbonyl (C=O) groups is 1. The molecule has 0 unspecified atom stereocenters. The number of hydrogen-bond acceptors (Lipinski definition) is 3. The molecule has 0 atom stereocenters. The first-order valence-corrected chi connectivity index (χ1v) is 3.44. The maximum Gasteiger partial charge on any atom is 0.236 e. The van der Waals surface area contributed by atoms with E-state index in [1.165, 1.54) is 0 Å². The van der Waals surface area contributed by atoms with Crippen LogP contribution in [-0.4, -0.2) is 37.0 Å². The number of hydrogen-bond donors (Lipinski definition) is 2. The van der Waals surface area contributed by atoms with Crippen molar-refractivity contribution in [3.05, 3.63) is 0 Å². The van der Waals surface area contributed by atoms with E-state index in [0.717, 1.165) is 0 Å². The molecule has 0 fully saturated rings. The number of rotatable bonds is 4. The van der Waals surface area contributed by atoms with E-state index < -0.39 is 0 Å². The smallest absolute Gasteiger partial charge is 0.236 e. The summed E-state index contributed by atoms with van der Waals surface area (Å²) < 4.78 is 0. The molecule has 4 N–H and O–H groups in total. The lowest BCUT2D eigenvalue weighted by Crippen LogP contribution is -2.38. The van der Waals surface area contributed by atoms with E-state index >= 15 is 0 Å². The molecule has 0 aromatic carbocycles. The van der Waals surface area contributed by atoms with Gasteiger partial charge >= 0.3 is 0 Å². The first-order valence-electron chi connectivity index (χ1n) is 3.44. The number of carbonyl (C=O) groups excluding carboxylic acids is 1. The second-order valence-electron chi connectivity index (χ2n) is 1.97. The Kier molecular flexibility index (Phi) is 4.88. The van der Waals surface area contributed by atoms with Crippen LogP contribution in [0.4, 0.5) is 0 Å². The van der Waals surface area contributed by atoms with Crippen LogP contribution in [-0.2, 0) is 4.79 Å². The molecule has 0 spiro atoms. The average molecular weight is 145 g/mol. The van der Waals surface area contributed by atoms with Crippen molar-refractivity contribution < 1.29 is 4.79 Å². The highest BCUT2D eigenvalue weighted by molar-refractivity contribution is 5.77. The van der Waals surface area contributed by atoms with Gasteiger partial charge < -0.3 is 16.4 Å². The van der Waals surface area contributed by atoms with Crippen molar-refractivity contribution in [2.45, 2.75) is 6.92 Å². The third kappa shape index (κ3) is 2.80. The van der Waals surface area contributed by atoms with Crippen LogP contribution in [0.25, 0.3) is 0 Å². The highest BCUT2D eigenvalue weighted by Gasteiger charge is 2.06. The normalized spacial score (nSPS) is 9.50. The number of nitrogens with two attached hydrogens (primary N) is 2. The van der Waals surface area contributed by atoms with E-state index in [9.17, 15) is 4.79 Å². The van der Waals surface area contributed by atoms with E-state index in [1.807, 2.05) is 6.92 Å². The zero-order valence-electron chi connectivity index (χ0n) is 6.34. The predicted octanol–water partition coefficient (Wildman–Crippen LogP) is -1.25. The van der Waals surface area contributed by atoms with Crippen molar-refractivity contribution in [1.29, 1.82) is 0 Å². The summed E-state index contributed by atoms with van der Waals surface area (Å²) in [5, 5.41) is 0. The number of amides is 1. The fourth-order valence-corrected chi connectivity index (χ4v) is 0.744. The molecule has 0 saturated carbocycles. The van der Waals surface area contributed by atoms with Gasteiger partial charge in [-0.2, -0.15) is 0 Å². The molecule has 0 saturated heterocycles. The molecule has 0 aromatic heterocycles. The van der Waals surface area contributed by atoms with E-state index in [4.69, 9.17) is 11.5 Å². The zero-order valence-corrected chi connectivity index (χ0v) is 6.34. The Bertz CT molecular complexity index is 105. The molecule has 4 heteroatoms. The van der Waals surface area contributed by atoms with Crippen molar-refractivity contribution in [3.8, 4) is 0 Å². The Hall–Kier alpha value is -0.610. The van der Waals surface area contributed by atoms with Gasteiger partial charge in [0.1, 0.15) is 0 Å². The van der Waals surface area contributed by atoms with Crippen LogP contribution in [0, 0.1) is 0 Å². The predicted molar refractivity (Wildman–Crippen MR) is 40.4 cm³/mol. The van der Waals surface area contributed by atoms with Crippen molar-refractivity contribution in [2.24, 2.45) is 11.5 Å². The van der Waals surface area contributed by atoms with E-state index in [0.29, 0.717) is 19.6 Å². The first kappa shape index (κ1) is 9.39. The van der Waals surface area contributed by atoms with Gasteiger partial charge in [-0.1, -0.05) is 0 Å². The Labute approximate surface area is 61.2 Å². The molecule has 0 rings (SSSR count). The van der Waals surface area contributed by atoms with E-state index in [2.05, 4.69) is 0 Å². The van der Waals surface area contributed by atoms with Crippen LogP contribution in [0.15, 0.2) is 0 Å². The summed E-state index contributed by atoms with van der Waals surface area (Å²) in [4.78, 5) is 12.5. The molecule has 0 aromatic rings. The lowest BCUT2D eigenvalue weighted by molar-refractivity contribution is -0.129. The summed E-state index contributed by atoms with van der Waals surface area (Å²) in [5.41, 5.74) is 10.4. The van der Waals surface area contributed by atoms with Crippen LogP contribution in [0.1, 0.15) is 6.92 Å². The van der Waals surface area contributed by atoms with Gasteiger partial charge in [0, 0.05) is 19.6 Å². The van der Waals surface area contributed by atoms with Gasteiger partial charge in [-0.25, -0.2) is 0 Å². The van der Waals surface area contributed by atoms with Crippen LogP contribution in [0.3, 0.4) is 0 Å². The lowest BCUT2D eigenvalue weighted by atomic mass is 10.4. The zero-order chi connectivity index (χ0) is 7.98. The van der Waals surface area contributed by atoms with Gasteiger partial charge in [-0.3, -0.25) is 4.79 Å². The largest absolute Gasteiger partial charge is 0.341 e. The molecule has 0 aliphatic rings. The van der Waals surface area contributed by atoms with Gasteiger partial charge in [0.05, 0.1) is 6.54 Å². The molecule has 10 heavy (non-hydrogen) atoms. The molecule has 0 heterocycles. The van der Waals surface area contributed by atoms with E-state index in [1.54, 1.807) is 4.90 Å². The maximum absolute atomic E-state index is 10.9. The number of likely N-dealkylation sites (N-methyl/N-ethyl adjacent to an activating group) is 1. The third-order valence-corrected chi connectivity index (χ3v) is 1.31. The van der Waals surface area contributed by atoms with Crippen molar-refractivity contribution >= 4 is 5.91 Å². The molecule has 0 radical (unpaired) electrons. The van der Waals surface area contributed by atoms with Gasteiger partial charge in [0.2, 0.25) is 5.91 Å². The van der Waals surface area contributed by atoms with Crippen molar-refractivity contribution in [2.75, 3.05) is 26.2 Å². The average Bonchev–Trinajstić information content (AvgIpc) is 1.99. The Morgan fingerprint density at radius 3 is 2.40 bits per heavy atom. The first-order chi connectivity index (χ1) is 4.76. The lowest BCUT2D eigenvalue weighted by Gasteiger charge is -2.18. The van der Waals surface area contributed by atoms with Crippen LogP contribution in [0.2, 0.25) is 0 Å². The topological polar surface area (TPSA) is 72.3 Å². The molecule has 60 valence electrons. The minimum Gasteiger partial charge on any atom is -0.341 e. The summed E-state index contributed by atoms with van der Waals surface area (Å²) in [6, 6.07) is 0. The molecular weight excluding hydrogens is 130 g/mol. The summed E-state index contributed by atoms with van der Waals surface area (Å²) in [6.45, 7) is 3.77. The molecular formula is C6H15N3O. The monoisotopic (exact) mass is 145 g/mol. The summed E-state index contributed by atoms with van der Waals surface area (Å²) in [6.07, 6.45) is 0. The second-order valence-corrected chi connectivity index (χ2v) is 1.97. The fourth-order valence-electron chi connectivity index (χ4n) is 0.744. The van der Waals surface area contributed by atoms with Crippen molar-refractivity contribution in [1.82, 2.24) is 4.90 Å². The van der Waals surface area contributed by atoms with Crippen LogP contribution >= 0.6 is 0 Å². The fraction of sp³-hybridized carbons (Fsp3) is 0.833. The highest BCUT2D eigenvalue weighted by Crippen LogP contribution is 1.84. The molecule has 4 nitrogen and oxygen atoms in total. The SMILES string of the molecule is CCN(CCN)C(=O)CN. The minimum atomic E-state index is -0.0343. The standard InChI is InChI=1S/C6H15N3O/c1-2-9(4-3-7)6(10)5-8/h2-5,7-8H2,1H3. The Morgan fingerprint density at radius 2 is 2.10 bits per heavy atom. The summed E-state index contributed by atoms with van der Waals surface area (Å²) in [7, 11) is 0. The Balaban J connectivity index is 3.68. The van der Waals surface area contributed by atoms with E-state index in [-0.39, 0.29) is 12.5 Å². The second kappa shape index (κ2) is 5.20. The maximum atomic E-state index is 10.9. The van der Waals surface area contributed by atoms with Crippen molar-refractivity contribution in [3.63, 3.8) is 0 Å². The number of nitrogens with zero attached hydrogens (tertiary/aromatic N) is 1. The van der Waals surface area contributed by atoms with Gasteiger partial charge in [-0.15, -0.1) is 0 Å². The Morgan fingerprint density at radius 1 is 1.50 bits per heavy atom. The van der Waals surface area contributed by atoms with Gasteiger partial charge in [0.15, 0.2) is 0 Å². The quantitative estimate of drug-likeness (QED) is 0.519. The molecule has 1 amide bonds. The third-order valence-electron chi connectivity index (χ3n) is 1.31. The van der Waals surface area contributed by atoms with Crippen LogP contribution < -0.4 is 11.5 Å². The minimum absolute atomic E-state index is 0.0343. The van der Waals surface area contributed by atoms with Gasteiger partial charge in [0.25, 0.3) is 0 Å².